The number of halogens is 3. The van der Waals surface area contributed by atoms with Crippen LogP contribution in [0, 0.1) is 0 Å². The largest absolute Gasteiger partial charge is 0.476 e. The highest BCUT2D eigenvalue weighted by molar-refractivity contribution is 7.92. The molecule has 10 heteroatoms. The van der Waals surface area contributed by atoms with E-state index in [0.717, 1.165) is 16.4 Å². The van der Waals surface area contributed by atoms with Crippen molar-refractivity contribution in [1.82, 2.24) is 0 Å². The van der Waals surface area contributed by atoms with Crippen LogP contribution >= 0.6 is 0 Å². The number of sulfonamides is 1. The smallest absolute Gasteiger partial charge is 0.418 e. The van der Waals surface area contributed by atoms with Gasteiger partial charge in [-0.1, -0.05) is 24.3 Å². The number of ether oxygens (including phenoxy) is 1. The number of hydrogen-bond donors (Lipinski definition) is 1. The molecule has 1 heterocycles. The van der Waals surface area contributed by atoms with Crippen LogP contribution in [0.2, 0.25) is 0 Å². The van der Waals surface area contributed by atoms with Crippen molar-refractivity contribution in [2.45, 2.75) is 19.2 Å². The highest BCUT2D eigenvalue weighted by Gasteiger charge is 2.38. The second-order valence-electron chi connectivity index (χ2n) is 6.04. The van der Waals surface area contributed by atoms with Gasteiger partial charge in [-0.15, -0.1) is 0 Å². The van der Waals surface area contributed by atoms with Crippen molar-refractivity contribution in [2.24, 2.45) is 0 Å². The van der Waals surface area contributed by atoms with E-state index in [0.29, 0.717) is 0 Å². The molecule has 0 saturated carbocycles. The van der Waals surface area contributed by atoms with Gasteiger partial charge in [0.05, 0.1) is 29.2 Å². The average Bonchev–Trinajstić information content (AvgIpc) is 2.66. The van der Waals surface area contributed by atoms with Crippen molar-refractivity contribution < 1.29 is 31.1 Å². The Morgan fingerprint density at radius 3 is 2.50 bits per heavy atom. The number of carbonyl (C=O) groups is 1. The van der Waals surface area contributed by atoms with Gasteiger partial charge in [-0.2, -0.15) is 13.2 Å². The molecule has 0 spiro atoms. The van der Waals surface area contributed by atoms with E-state index in [1.54, 1.807) is 12.1 Å². The summed E-state index contributed by atoms with van der Waals surface area (Å²) in [6, 6.07) is 10.8. The van der Waals surface area contributed by atoms with E-state index in [9.17, 15) is 26.4 Å². The first-order valence-corrected chi connectivity index (χ1v) is 9.97. The van der Waals surface area contributed by atoms with Gasteiger partial charge >= 0.3 is 6.18 Å². The molecule has 1 aliphatic heterocycles. The summed E-state index contributed by atoms with van der Waals surface area (Å²) in [6.45, 7) is 1.12. The summed E-state index contributed by atoms with van der Waals surface area (Å²) in [5.41, 5.74) is -1.14. The summed E-state index contributed by atoms with van der Waals surface area (Å²) in [5.74, 6) is -0.912. The van der Waals surface area contributed by atoms with Crippen molar-refractivity contribution in [3.8, 4) is 5.75 Å². The molecular formula is C18H17F3N2O4S. The van der Waals surface area contributed by atoms with E-state index < -0.39 is 39.5 Å². The minimum absolute atomic E-state index is 0.162. The summed E-state index contributed by atoms with van der Waals surface area (Å²) in [5, 5.41) is 2.20. The molecule has 28 heavy (non-hydrogen) atoms. The lowest BCUT2D eigenvalue weighted by Crippen LogP contribution is -2.49. The minimum Gasteiger partial charge on any atom is -0.476 e. The fraction of sp³-hybridized carbons (Fsp3) is 0.278. The SMILES string of the molecule is CCS(=O)(=O)N1CC(C(=O)Nc2ccccc2C(F)(F)F)Oc2ccccc21. The molecule has 6 nitrogen and oxygen atoms in total. The van der Waals surface area contributed by atoms with E-state index in [-0.39, 0.29) is 23.7 Å². The Balaban J connectivity index is 1.90. The van der Waals surface area contributed by atoms with E-state index in [1.165, 1.54) is 31.2 Å². The highest BCUT2D eigenvalue weighted by atomic mass is 32.2. The lowest BCUT2D eigenvalue weighted by molar-refractivity contribution is -0.137. The quantitative estimate of drug-likeness (QED) is 0.833. The number of hydrogen-bond acceptors (Lipinski definition) is 4. The number of alkyl halides is 3. The normalized spacial score (nSPS) is 16.9. The first-order chi connectivity index (χ1) is 13.1. The van der Waals surface area contributed by atoms with Crippen LogP contribution in [0.5, 0.6) is 5.75 Å². The van der Waals surface area contributed by atoms with Gasteiger partial charge in [-0.3, -0.25) is 9.10 Å². The Bertz CT molecular complexity index is 992. The summed E-state index contributed by atoms with van der Waals surface area (Å²) < 4.78 is 70.8. The molecule has 1 atom stereocenters. The molecule has 2 aromatic carbocycles. The molecule has 0 bridgehead atoms. The monoisotopic (exact) mass is 414 g/mol. The summed E-state index contributed by atoms with van der Waals surface area (Å²) in [7, 11) is -3.71. The van der Waals surface area contributed by atoms with Crippen LogP contribution in [-0.4, -0.2) is 32.7 Å². The van der Waals surface area contributed by atoms with Gasteiger partial charge in [0, 0.05) is 0 Å². The molecule has 1 aliphatic rings. The molecule has 1 unspecified atom stereocenters. The number of anilines is 2. The van der Waals surface area contributed by atoms with Crippen molar-refractivity contribution in [2.75, 3.05) is 21.9 Å². The minimum atomic E-state index is -4.65. The second kappa shape index (κ2) is 7.34. The maximum Gasteiger partial charge on any atom is 0.418 e. The predicted octanol–water partition coefficient (Wildman–Crippen LogP) is 3.26. The third-order valence-corrected chi connectivity index (χ3v) is 5.97. The number of fused-ring (bicyclic) bond motifs is 1. The average molecular weight is 414 g/mol. The Kier molecular flexibility index (Phi) is 5.24. The van der Waals surface area contributed by atoms with Gasteiger partial charge in [0.2, 0.25) is 10.0 Å². The van der Waals surface area contributed by atoms with Crippen LogP contribution in [-0.2, 0) is 21.0 Å². The lowest BCUT2D eigenvalue weighted by Gasteiger charge is -2.34. The number of benzene rings is 2. The standard InChI is InChI=1S/C18H17F3N2O4S/c1-2-28(25,26)23-11-16(27-15-10-6-5-9-14(15)23)17(24)22-13-8-4-3-7-12(13)18(19,20)21/h3-10,16H,2,11H2,1H3,(H,22,24). The molecule has 0 aromatic heterocycles. The molecule has 150 valence electrons. The van der Waals surface area contributed by atoms with Crippen LogP contribution in [0.1, 0.15) is 12.5 Å². The number of rotatable bonds is 4. The fourth-order valence-corrected chi connectivity index (χ4v) is 3.94. The Morgan fingerprint density at radius 1 is 1.18 bits per heavy atom. The van der Waals surface area contributed by atoms with Gasteiger partial charge in [0.1, 0.15) is 5.75 Å². The molecule has 2 aromatic rings. The Hall–Kier alpha value is -2.75. The third kappa shape index (κ3) is 3.91. The van der Waals surface area contributed by atoms with Crippen molar-refractivity contribution in [3.63, 3.8) is 0 Å². The summed E-state index contributed by atoms with van der Waals surface area (Å²) in [4.78, 5) is 12.6. The molecule has 0 fully saturated rings. The van der Waals surface area contributed by atoms with Crippen molar-refractivity contribution in [3.05, 3.63) is 54.1 Å². The molecule has 3 rings (SSSR count). The summed E-state index contributed by atoms with van der Waals surface area (Å²) >= 11 is 0. The summed E-state index contributed by atoms with van der Waals surface area (Å²) in [6.07, 6.45) is -5.96. The van der Waals surface area contributed by atoms with Crippen LogP contribution in [0.15, 0.2) is 48.5 Å². The van der Waals surface area contributed by atoms with Crippen LogP contribution in [0.25, 0.3) is 0 Å². The number of nitrogens with zero attached hydrogens (tertiary/aromatic N) is 1. The Labute approximate surface area is 160 Å². The molecular weight excluding hydrogens is 397 g/mol. The van der Waals surface area contributed by atoms with E-state index in [2.05, 4.69) is 5.32 Å². The first-order valence-electron chi connectivity index (χ1n) is 8.36. The van der Waals surface area contributed by atoms with E-state index in [1.807, 2.05) is 0 Å². The van der Waals surface area contributed by atoms with Gasteiger partial charge in [0.15, 0.2) is 6.10 Å². The van der Waals surface area contributed by atoms with Crippen molar-refractivity contribution >= 4 is 27.3 Å². The molecule has 1 N–H and O–H groups in total. The maximum absolute atomic E-state index is 13.1. The molecule has 1 amide bonds. The zero-order chi connectivity index (χ0) is 20.5. The van der Waals surface area contributed by atoms with Crippen LogP contribution in [0.4, 0.5) is 24.5 Å². The lowest BCUT2D eigenvalue weighted by atomic mass is 10.1. The number of para-hydroxylation sites is 3. The van der Waals surface area contributed by atoms with E-state index in [4.69, 9.17) is 4.74 Å². The fourth-order valence-electron chi connectivity index (χ4n) is 2.81. The molecule has 0 aliphatic carbocycles. The second-order valence-corrected chi connectivity index (χ2v) is 8.22. The molecule has 0 saturated heterocycles. The van der Waals surface area contributed by atoms with Gasteiger partial charge in [0.25, 0.3) is 5.91 Å². The molecule has 0 radical (unpaired) electrons. The number of nitrogens with one attached hydrogen (secondary N) is 1. The zero-order valence-electron chi connectivity index (χ0n) is 14.7. The van der Waals surface area contributed by atoms with Gasteiger partial charge in [-0.05, 0) is 31.2 Å². The van der Waals surface area contributed by atoms with Crippen LogP contribution in [0.3, 0.4) is 0 Å². The van der Waals surface area contributed by atoms with Crippen molar-refractivity contribution in [1.29, 1.82) is 0 Å². The first kappa shape index (κ1) is 20.0. The Morgan fingerprint density at radius 2 is 1.82 bits per heavy atom. The number of carbonyl (C=O) groups excluding carboxylic acids is 1. The highest BCUT2D eigenvalue weighted by Crippen LogP contribution is 2.37. The van der Waals surface area contributed by atoms with E-state index >= 15 is 0 Å². The number of amides is 1. The van der Waals surface area contributed by atoms with Gasteiger partial charge in [-0.25, -0.2) is 8.42 Å². The topological polar surface area (TPSA) is 75.7 Å². The van der Waals surface area contributed by atoms with Crippen LogP contribution < -0.4 is 14.4 Å². The van der Waals surface area contributed by atoms with Gasteiger partial charge < -0.3 is 10.1 Å². The maximum atomic E-state index is 13.1. The predicted molar refractivity (Wildman–Crippen MR) is 97.7 cm³/mol. The third-order valence-electron chi connectivity index (χ3n) is 4.22. The zero-order valence-corrected chi connectivity index (χ0v) is 15.5.